The van der Waals surface area contributed by atoms with Crippen molar-refractivity contribution in [2.24, 2.45) is 0 Å². The van der Waals surface area contributed by atoms with Crippen LogP contribution in [-0.2, 0) is 19.6 Å². The molecular weight excluding hydrogens is 278 g/mol. The molecule has 22 heavy (non-hydrogen) atoms. The van der Waals surface area contributed by atoms with Crippen LogP contribution in [0, 0.1) is 0 Å². The molecule has 0 aliphatic rings. The Bertz CT molecular complexity index is 653. The summed E-state index contributed by atoms with van der Waals surface area (Å²) in [5, 5.41) is 22.7. The lowest BCUT2D eigenvalue weighted by Gasteiger charge is -2.14. The van der Waals surface area contributed by atoms with E-state index < -0.39 is 0 Å². The van der Waals surface area contributed by atoms with Crippen molar-refractivity contribution in [2.75, 3.05) is 12.4 Å². The lowest BCUT2D eigenvalue weighted by Crippen LogP contribution is -2.03. The molecule has 0 saturated carbocycles. The summed E-state index contributed by atoms with van der Waals surface area (Å²) in [6, 6.07) is 11.3. The number of methoxy groups -OCH3 is 1. The Morgan fingerprint density at radius 3 is 2.68 bits per heavy atom. The number of phenols is 1. The number of hydrogen-bond acceptors (Lipinski definition) is 4. The van der Waals surface area contributed by atoms with E-state index in [4.69, 9.17) is 4.74 Å². The van der Waals surface area contributed by atoms with Gasteiger partial charge >= 0.3 is 0 Å². The van der Waals surface area contributed by atoms with Crippen molar-refractivity contribution in [3.05, 3.63) is 65.7 Å². The minimum Gasteiger partial charge on any atom is -0.504 e. The van der Waals surface area contributed by atoms with E-state index >= 15 is 0 Å². The monoisotopic (exact) mass is 299 g/mol. The normalized spacial score (nSPS) is 10.3. The number of allylic oxidation sites excluding steroid dienone is 1. The quantitative estimate of drug-likeness (QED) is 0.687. The molecule has 0 spiro atoms. The maximum Gasteiger partial charge on any atom is 0.161 e. The van der Waals surface area contributed by atoms with Gasteiger partial charge in [-0.3, -0.25) is 0 Å². The standard InChI is InChI=1S/C18H21NO3/c1-3-6-14-9-13(10-17(22-2)18(14)21)11-19-16-8-5-4-7-15(16)12-20/h3-5,7-10,19-21H,1,6,11-12H2,2H3. The van der Waals surface area contributed by atoms with Gasteiger partial charge in [-0.05, 0) is 30.2 Å². The van der Waals surface area contributed by atoms with Gasteiger partial charge in [0.15, 0.2) is 11.5 Å². The Balaban J connectivity index is 2.22. The summed E-state index contributed by atoms with van der Waals surface area (Å²) in [5.74, 6) is 0.605. The van der Waals surface area contributed by atoms with Gasteiger partial charge in [0.05, 0.1) is 13.7 Å². The number of rotatable bonds is 7. The smallest absolute Gasteiger partial charge is 0.161 e. The molecule has 0 unspecified atom stereocenters. The molecule has 0 aromatic heterocycles. The number of nitrogens with one attached hydrogen (secondary N) is 1. The van der Waals surface area contributed by atoms with Crippen molar-refractivity contribution in [3.8, 4) is 11.5 Å². The second-order valence-corrected chi connectivity index (χ2v) is 4.97. The third kappa shape index (κ3) is 3.59. The maximum atomic E-state index is 10.1. The fourth-order valence-corrected chi connectivity index (χ4v) is 2.33. The van der Waals surface area contributed by atoms with Crippen molar-refractivity contribution in [3.63, 3.8) is 0 Å². The average Bonchev–Trinajstić information content (AvgIpc) is 2.55. The molecule has 2 aromatic rings. The number of benzene rings is 2. The van der Waals surface area contributed by atoms with Gasteiger partial charge in [-0.25, -0.2) is 0 Å². The number of anilines is 1. The Labute approximate surface area is 130 Å². The first-order chi connectivity index (χ1) is 10.7. The Hall–Kier alpha value is -2.46. The van der Waals surface area contributed by atoms with Crippen molar-refractivity contribution in [2.45, 2.75) is 19.6 Å². The average molecular weight is 299 g/mol. The number of para-hydroxylation sites is 1. The van der Waals surface area contributed by atoms with Gasteiger partial charge in [-0.1, -0.05) is 24.3 Å². The molecule has 0 heterocycles. The van der Waals surface area contributed by atoms with Gasteiger partial charge in [-0.15, -0.1) is 6.58 Å². The lowest BCUT2D eigenvalue weighted by atomic mass is 10.1. The van der Waals surface area contributed by atoms with Crippen LogP contribution in [0.15, 0.2) is 49.1 Å². The van der Waals surface area contributed by atoms with Crippen LogP contribution in [0.2, 0.25) is 0 Å². The zero-order valence-corrected chi connectivity index (χ0v) is 12.7. The van der Waals surface area contributed by atoms with Gasteiger partial charge in [-0.2, -0.15) is 0 Å². The summed E-state index contributed by atoms with van der Waals surface area (Å²) in [6.45, 7) is 4.26. The first-order valence-electron chi connectivity index (χ1n) is 7.11. The molecule has 2 rings (SSSR count). The molecule has 2 aromatic carbocycles. The van der Waals surface area contributed by atoms with Gasteiger partial charge in [0.25, 0.3) is 0 Å². The van der Waals surface area contributed by atoms with Crippen molar-refractivity contribution < 1.29 is 14.9 Å². The van der Waals surface area contributed by atoms with Crippen molar-refractivity contribution in [1.29, 1.82) is 0 Å². The van der Waals surface area contributed by atoms with E-state index in [1.165, 1.54) is 7.11 Å². The summed E-state index contributed by atoms with van der Waals surface area (Å²) in [4.78, 5) is 0. The first-order valence-corrected chi connectivity index (χ1v) is 7.11. The van der Waals surface area contributed by atoms with Gasteiger partial charge < -0.3 is 20.3 Å². The molecule has 0 aliphatic carbocycles. The molecule has 4 nitrogen and oxygen atoms in total. The summed E-state index contributed by atoms with van der Waals surface area (Å²) < 4.78 is 5.22. The minimum atomic E-state index is -0.0101. The number of phenolic OH excluding ortho intramolecular Hbond substituents is 1. The topological polar surface area (TPSA) is 61.7 Å². The Morgan fingerprint density at radius 1 is 1.23 bits per heavy atom. The highest BCUT2D eigenvalue weighted by Crippen LogP contribution is 2.32. The molecule has 116 valence electrons. The molecule has 0 atom stereocenters. The second-order valence-electron chi connectivity index (χ2n) is 4.97. The highest BCUT2D eigenvalue weighted by molar-refractivity contribution is 5.53. The van der Waals surface area contributed by atoms with E-state index in [-0.39, 0.29) is 12.4 Å². The van der Waals surface area contributed by atoms with Crippen LogP contribution in [-0.4, -0.2) is 17.3 Å². The van der Waals surface area contributed by atoms with Gasteiger partial charge in [0.2, 0.25) is 0 Å². The zero-order valence-electron chi connectivity index (χ0n) is 12.7. The second kappa shape index (κ2) is 7.52. The van der Waals surface area contributed by atoms with E-state index in [0.29, 0.717) is 18.7 Å². The molecule has 0 saturated heterocycles. The highest BCUT2D eigenvalue weighted by atomic mass is 16.5. The molecule has 0 radical (unpaired) electrons. The van der Waals surface area contributed by atoms with Crippen LogP contribution in [0.1, 0.15) is 16.7 Å². The number of aliphatic hydroxyl groups excluding tert-OH is 1. The van der Waals surface area contributed by atoms with Crippen LogP contribution in [0.5, 0.6) is 11.5 Å². The molecule has 3 N–H and O–H groups in total. The van der Waals surface area contributed by atoms with E-state index in [1.54, 1.807) is 12.1 Å². The van der Waals surface area contributed by atoms with Crippen LogP contribution in [0.4, 0.5) is 5.69 Å². The molecule has 0 amide bonds. The van der Waals surface area contributed by atoms with E-state index in [1.807, 2.05) is 30.3 Å². The van der Waals surface area contributed by atoms with Crippen LogP contribution in [0.25, 0.3) is 0 Å². The highest BCUT2D eigenvalue weighted by Gasteiger charge is 2.10. The van der Waals surface area contributed by atoms with Crippen LogP contribution >= 0.6 is 0 Å². The SMILES string of the molecule is C=CCc1cc(CNc2ccccc2CO)cc(OC)c1O. The molecule has 4 heteroatoms. The summed E-state index contributed by atoms with van der Waals surface area (Å²) in [6.07, 6.45) is 2.32. The molecule has 0 aliphatic heterocycles. The third-order valence-electron chi connectivity index (χ3n) is 3.47. The fourth-order valence-electron chi connectivity index (χ4n) is 2.33. The van der Waals surface area contributed by atoms with Crippen LogP contribution in [0.3, 0.4) is 0 Å². The minimum absolute atomic E-state index is 0.0101. The number of hydrogen-bond donors (Lipinski definition) is 3. The van der Waals surface area contributed by atoms with Crippen LogP contribution < -0.4 is 10.1 Å². The Morgan fingerprint density at radius 2 is 2.00 bits per heavy atom. The Kier molecular flexibility index (Phi) is 5.44. The molecule has 0 fully saturated rings. The molecular formula is C18H21NO3. The first kappa shape index (κ1) is 15.9. The van der Waals surface area contributed by atoms with E-state index in [2.05, 4.69) is 11.9 Å². The number of aliphatic hydroxyl groups is 1. The predicted molar refractivity (Wildman–Crippen MR) is 88.3 cm³/mol. The molecule has 0 bridgehead atoms. The van der Waals surface area contributed by atoms with Gasteiger partial charge in [0, 0.05) is 23.4 Å². The van der Waals surface area contributed by atoms with E-state index in [9.17, 15) is 10.2 Å². The summed E-state index contributed by atoms with van der Waals surface area (Å²) in [5.41, 5.74) is 3.50. The largest absolute Gasteiger partial charge is 0.504 e. The predicted octanol–water partition coefficient (Wildman–Crippen LogP) is 3.23. The maximum absolute atomic E-state index is 10.1. The number of aromatic hydroxyl groups is 1. The lowest BCUT2D eigenvalue weighted by molar-refractivity contribution is 0.282. The third-order valence-corrected chi connectivity index (χ3v) is 3.47. The fraction of sp³-hybridized carbons (Fsp3) is 0.222. The number of ether oxygens (including phenoxy) is 1. The van der Waals surface area contributed by atoms with Gasteiger partial charge in [0.1, 0.15) is 0 Å². The van der Waals surface area contributed by atoms with E-state index in [0.717, 1.165) is 22.4 Å². The summed E-state index contributed by atoms with van der Waals surface area (Å²) >= 11 is 0. The van der Waals surface area contributed by atoms with Crippen molar-refractivity contribution in [1.82, 2.24) is 0 Å². The van der Waals surface area contributed by atoms with Crippen molar-refractivity contribution >= 4 is 5.69 Å². The zero-order chi connectivity index (χ0) is 15.9. The summed E-state index contributed by atoms with van der Waals surface area (Å²) in [7, 11) is 1.53.